The van der Waals surface area contributed by atoms with Crippen molar-refractivity contribution in [2.45, 2.75) is 24.2 Å². The highest BCUT2D eigenvalue weighted by atomic mass is 32.2. The molecule has 0 unspecified atom stereocenters. The lowest BCUT2D eigenvalue weighted by Gasteiger charge is -2.25. The third-order valence-electron chi connectivity index (χ3n) is 5.42. The molecule has 3 heterocycles. The molecular formula is C23H21NO2S. The van der Waals surface area contributed by atoms with Gasteiger partial charge in [-0.2, -0.15) is 0 Å². The molecular weight excluding hydrogens is 354 g/mol. The molecule has 1 saturated heterocycles. The molecule has 2 aliphatic rings. The van der Waals surface area contributed by atoms with Crippen molar-refractivity contribution in [1.29, 1.82) is 0 Å². The Hall–Kier alpha value is -2.46. The topological polar surface area (TPSA) is 33.5 Å². The van der Waals surface area contributed by atoms with Gasteiger partial charge in [0.2, 0.25) is 0 Å². The summed E-state index contributed by atoms with van der Waals surface area (Å²) in [6.07, 6.45) is 3.26. The van der Waals surface area contributed by atoms with Crippen LogP contribution < -0.4 is 10.5 Å². The van der Waals surface area contributed by atoms with Crippen LogP contribution in [0.3, 0.4) is 0 Å². The standard InChI is InChI=1S/C23H21NO2S/c25-23-20(16-8-2-1-3-9-16)21(24-13-6-7-14-24)18-12-15-27-19-11-5-4-10-17(19)22(18)26-23/h1-5,8-11H,6-7,12-15H2. The van der Waals surface area contributed by atoms with Crippen molar-refractivity contribution in [3.8, 4) is 22.5 Å². The molecule has 0 spiro atoms. The van der Waals surface area contributed by atoms with E-state index in [0.29, 0.717) is 0 Å². The fourth-order valence-electron chi connectivity index (χ4n) is 4.20. The molecule has 5 rings (SSSR count). The van der Waals surface area contributed by atoms with Gasteiger partial charge in [0.15, 0.2) is 0 Å². The number of thioether (sulfide) groups is 1. The summed E-state index contributed by atoms with van der Waals surface area (Å²) in [5.74, 6) is 1.76. The van der Waals surface area contributed by atoms with Crippen molar-refractivity contribution < 1.29 is 4.42 Å². The largest absolute Gasteiger partial charge is 0.422 e. The second-order valence-electron chi connectivity index (χ2n) is 7.08. The van der Waals surface area contributed by atoms with Gasteiger partial charge in [0.05, 0.1) is 11.3 Å². The van der Waals surface area contributed by atoms with Gasteiger partial charge in [-0.1, -0.05) is 48.5 Å². The van der Waals surface area contributed by atoms with Crippen LogP contribution in [0.2, 0.25) is 0 Å². The molecule has 0 aliphatic carbocycles. The van der Waals surface area contributed by atoms with E-state index in [4.69, 9.17) is 4.42 Å². The van der Waals surface area contributed by atoms with Crippen molar-refractivity contribution in [2.24, 2.45) is 0 Å². The van der Waals surface area contributed by atoms with Gasteiger partial charge in [-0.3, -0.25) is 0 Å². The summed E-state index contributed by atoms with van der Waals surface area (Å²) in [6, 6.07) is 18.2. The number of benzene rings is 2. The van der Waals surface area contributed by atoms with Crippen LogP contribution in [-0.4, -0.2) is 18.8 Å². The molecule has 0 saturated carbocycles. The van der Waals surface area contributed by atoms with Gasteiger partial charge in [0.1, 0.15) is 5.76 Å². The predicted octanol–water partition coefficient (Wildman–Crippen LogP) is 5.22. The van der Waals surface area contributed by atoms with E-state index in [1.54, 1.807) is 0 Å². The molecule has 3 nitrogen and oxygen atoms in total. The van der Waals surface area contributed by atoms with Gasteiger partial charge in [-0.25, -0.2) is 4.79 Å². The number of fused-ring (bicyclic) bond motifs is 3. The Balaban J connectivity index is 1.83. The van der Waals surface area contributed by atoms with Crippen molar-refractivity contribution in [1.82, 2.24) is 0 Å². The Morgan fingerprint density at radius 2 is 1.67 bits per heavy atom. The molecule has 2 aliphatic heterocycles. The molecule has 0 radical (unpaired) electrons. The lowest BCUT2D eigenvalue weighted by atomic mass is 9.97. The van der Waals surface area contributed by atoms with E-state index in [-0.39, 0.29) is 5.63 Å². The van der Waals surface area contributed by atoms with Crippen molar-refractivity contribution in [3.05, 3.63) is 70.6 Å². The first-order valence-electron chi connectivity index (χ1n) is 9.55. The summed E-state index contributed by atoms with van der Waals surface area (Å²) in [4.78, 5) is 16.8. The van der Waals surface area contributed by atoms with E-state index in [1.807, 2.05) is 48.2 Å². The molecule has 27 heavy (non-hydrogen) atoms. The Labute approximate surface area is 163 Å². The predicted molar refractivity (Wildman–Crippen MR) is 112 cm³/mol. The maximum Gasteiger partial charge on any atom is 0.346 e. The fourth-order valence-corrected chi connectivity index (χ4v) is 5.22. The SMILES string of the molecule is O=c1oc2c(c(N3CCCC3)c1-c1ccccc1)CCSc1ccccc1-2. The van der Waals surface area contributed by atoms with Gasteiger partial charge < -0.3 is 9.32 Å². The van der Waals surface area contributed by atoms with E-state index in [1.165, 1.54) is 23.3 Å². The zero-order valence-electron chi connectivity index (χ0n) is 15.1. The summed E-state index contributed by atoms with van der Waals surface area (Å²) in [5, 5.41) is 0. The van der Waals surface area contributed by atoms with Gasteiger partial charge in [0, 0.05) is 34.9 Å². The molecule has 4 heteroatoms. The first-order valence-corrected chi connectivity index (χ1v) is 10.5. The molecule has 2 aromatic carbocycles. The Bertz CT molecular complexity index is 1040. The third-order valence-corrected chi connectivity index (χ3v) is 6.50. The Morgan fingerprint density at radius 3 is 2.48 bits per heavy atom. The maximum atomic E-state index is 13.2. The summed E-state index contributed by atoms with van der Waals surface area (Å²) < 4.78 is 6.00. The van der Waals surface area contributed by atoms with E-state index < -0.39 is 0 Å². The quantitative estimate of drug-likeness (QED) is 0.615. The van der Waals surface area contributed by atoms with E-state index in [9.17, 15) is 4.79 Å². The lowest BCUT2D eigenvalue weighted by molar-refractivity contribution is 0.522. The zero-order valence-corrected chi connectivity index (χ0v) is 15.9. The number of rotatable bonds is 2. The van der Waals surface area contributed by atoms with Crippen LogP contribution in [0.5, 0.6) is 0 Å². The minimum absolute atomic E-state index is 0.233. The van der Waals surface area contributed by atoms with Crippen LogP contribution in [0.25, 0.3) is 22.5 Å². The molecule has 0 N–H and O–H groups in total. The average Bonchev–Trinajstić information content (AvgIpc) is 3.17. The molecule has 136 valence electrons. The Kier molecular flexibility index (Phi) is 4.29. The van der Waals surface area contributed by atoms with Crippen molar-refractivity contribution >= 4 is 17.4 Å². The normalized spacial score (nSPS) is 15.9. The summed E-state index contributed by atoms with van der Waals surface area (Å²) in [6.45, 7) is 2.01. The zero-order chi connectivity index (χ0) is 18.2. The number of hydrogen-bond acceptors (Lipinski definition) is 4. The van der Waals surface area contributed by atoms with Crippen LogP contribution >= 0.6 is 11.8 Å². The average molecular weight is 375 g/mol. The van der Waals surface area contributed by atoms with Gasteiger partial charge in [0.25, 0.3) is 0 Å². The molecule has 0 bridgehead atoms. The third kappa shape index (κ3) is 2.88. The second-order valence-corrected chi connectivity index (χ2v) is 8.21. The fraction of sp³-hybridized carbons (Fsp3) is 0.261. The van der Waals surface area contributed by atoms with Crippen LogP contribution in [0.1, 0.15) is 18.4 Å². The van der Waals surface area contributed by atoms with E-state index in [0.717, 1.165) is 53.4 Å². The number of anilines is 1. The molecule has 1 fully saturated rings. The Morgan fingerprint density at radius 1 is 0.926 bits per heavy atom. The van der Waals surface area contributed by atoms with Crippen LogP contribution in [0.15, 0.2) is 68.7 Å². The van der Waals surface area contributed by atoms with Gasteiger partial charge in [-0.05, 0) is 30.9 Å². The molecule has 1 aromatic heterocycles. The van der Waals surface area contributed by atoms with Crippen LogP contribution in [-0.2, 0) is 6.42 Å². The van der Waals surface area contributed by atoms with E-state index in [2.05, 4.69) is 23.1 Å². The lowest BCUT2D eigenvalue weighted by Crippen LogP contribution is -2.24. The maximum absolute atomic E-state index is 13.2. The monoisotopic (exact) mass is 375 g/mol. The molecule has 0 atom stereocenters. The highest BCUT2D eigenvalue weighted by Crippen LogP contribution is 2.44. The highest BCUT2D eigenvalue weighted by Gasteiger charge is 2.29. The molecule has 3 aromatic rings. The van der Waals surface area contributed by atoms with Crippen molar-refractivity contribution in [2.75, 3.05) is 23.7 Å². The molecule has 0 amide bonds. The summed E-state index contributed by atoms with van der Waals surface area (Å²) in [7, 11) is 0. The smallest absolute Gasteiger partial charge is 0.346 e. The number of hydrogen-bond donors (Lipinski definition) is 0. The van der Waals surface area contributed by atoms with Gasteiger partial charge in [-0.15, -0.1) is 11.8 Å². The van der Waals surface area contributed by atoms with Gasteiger partial charge >= 0.3 is 5.63 Å². The first-order chi connectivity index (χ1) is 13.3. The number of nitrogens with zero attached hydrogens (tertiary/aromatic N) is 1. The second kappa shape index (κ2) is 6.93. The van der Waals surface area contributed by atoms with Crippen LogP contribution in [0.4, 0.5) is 5.69 Å². The highest BCUT2D eigenvalue weighted by molar-refractivity contribution is 7.99. The minimum Gasteiger partial charge on any atom is -0.422 e. The first kappa shape index (κ1) is 16.7. The van der Waals surface area contributed by atoms with Crippen molar-refractivity contribution in [3.63, 3.8) is 0 Å². The summed E-state index contributed by atoms with van der Waals surface area (Å²) in [5.41, 5.74) is 4.77. The summed E-state index contributed by atoms with van der Waals surface area (Å²) >= 11 is 1.84. The van der Waals surface area contributed by atoms with E-state index >= 15 is 0 Å². The minimum atomic E-state index is -0.233. The van der Waals surface area contributed by atoms with Crippen LogP contribution in [0, 0.1) is 0 Å².